The van der Waals surface area contributed by atoms with Crippen LogP contribution in [0.15, 0.2) is 0 Å². The van der Waals surface area contributed by atoms with Gasteiger partial charge in [-0.1, -0.05) is 6.42 Å². The predicted molar refractivity (Wildman–Crippen MR) is 132 cm³/mol. The van der Waals surface area contributed by atoms with Crippen molar-refractivity contribution >= 4 is 41.4 Å². The second-order valence-corrected chi connectivity index (χ2v) is 9.06. The summed E-state index contributed by atoms with van der Waals surface area (Å²) in [4.78, 5) is 60.5. The molecule has 0 aliphatic rings. The molecule has 4 atom stereocenters. The number of carboxylic acids is 2. The number of carboxylic acid groups (broad SMARTS) is 2. The molecule has 11 N–H and O–H groups in total. The van der Waals surface area contributed by atoms with Crippen LogP contribution in [0.2, 0.25) is 0 Å². The fourth-order valence-electron chi connectivity index (χ4n) is 3.10. The van der Waals surface area contributed by atoms with Gasteiger partial charge in [0.1, 0.15) is 18.1 Å². The van der Waals surface area contributed by atoms with Crippen molar-refractivity contribution in [3.63, 3.8) is 0 Å². The first kappa shape index (κ1) is 32.6. The molecule has 4 unspecified atom stereocenters. The maximum absolute atomic E-state index is 13.0. The molecule has 14 heteroatoms. The van der Waals surface area contributed by atoms with Crippen molar-refractivity contribution in [2.45, 2.75) is 75.5 Å². The van der Waals surface area contributed by atoms with Gasteiger partial charge in [0.05, 0.1) is 12.5 Å². The Kier molecular flexibility index (Phi) is 17.5. The highest BCUT2D eigenvalue weighted by Gasteiger charge is 2.30. The molecule has 0 heterocycles. The second-order valence-electron chi connectivity index (χ2n) is 8.08. The molecule has 0 aliphatic heterocycles. The molecule has 3 amide bonds. The van der Waals surface area contributed by atoms with E-state index in [4.69, 9.17) is 22.3 Å². The number of rotatable bonds is 20. The van der Waals surface area contributed by atoms with Gasteiger partial charge in [0.2, 0.25) is 17.7 Å². The summed E-state index contributed by atoms with van der Waals surface area (Å²) >= 11 is 1.47. The minimum absolute atomic E-state index is 0.149. The molecule has 0 aromatic carbocycles. The van der Waals surface area contributed by atoms with E-state index in [-0.39, 0.29) is 12.8 Å². The van der Waals surface area contributed by atoms with Gasteiger partial charge < -0.3 is 43.4 Å². The second kappa shape index (κ2) is 18.9. The fraction of sp³-hybridized carbons (Fsp3) is 0.762. The van der Waals surface area contributed by atoms with Crippen molar-refractivity contribution in [2.75, 3.05) is 25.1 Å². The van der Waals surface area contributed by atoms with Crippen LogP contribution >= 0.6 is 11.8 Å². The first-order chi connectivity index (χ1) is 16.6. The summed E-state index contributed by atoms with van der Waals surface area (Å²) in [6.45, 7) is 0.837. The van der Waals surface area contributed by atoms with E-state index in [0.29, 0.717) is 44.5 Å². The summed E-state index contributed by atoms with van der Waals surface area (Å²) in [7, 11) is 0. The van der Waals surface area contributed by atoms with Gasteiger partial charge in [-0.25, -0.2) is 4.79 Å². The van der Waals surface area contributed by atoms with E-state index in [1.54, 1.807) is 0 Å². The number of aliphatic carboxylic acids is 2. The number of unbranched alkanes of at least 4 members (excludes halogenated alkanes) is 2. The molecule has 0 aromatic rings. The van der Waals surface area contributed by atoms with Gasteiger partial charge >= 0.3 is 11.9 Å². The monoisotopic (exact) mass is 520 g/mol. The van der Waals surface area contributed by atoms with Crippen LogP contribution in [-0.4, -0.2) is 89.1 Å². The number of thioether (sulfide) groups is 1. The molecule has 0 fully saturated rings. The van der Waals surface area contributed by atoms with Gasteiger partial charge in [-0.15, -0.1) is 0 Å². The van der Waals surface area contributed by atoms with E-state index in [1.807, 2.05) is 6.26 Å². The third-order valence-corrected chi connectivity index (χ3v) is 5.77. The zero-order valence-electron chi connectivity index (χ0n) is 20.2. The van der Waals surface area contributed by atoms with Crippen molar-refractivity contribution in [1.29, 1.82) is 0 Å². The Bertz CT molecular complexity index is 697. The van der Waals surface area contributed by atoms with Crippen LogP contribution in [0.5, 0.6) is 0 Å². The van der Waals surface area contributed by atoms with Crippen molar-refractivity contribution in [2.24, 2.45) is 17.2 Å². The Hall–Kier alpha value is -2.42. The lowest BCUT2D eigenvalue weighted by atomic mass is 10.1. The maximum Gasteiger partial charge on any atom is 0.326 e. The standard InChI is InChI=1S/C21H40N6O7S/c1-35-11-8-15(25-18(30)13(24)6-2-4-9-22)20(32)26-14(7-3-5-10-23)19(31)27-16(21(33)34)12-17(28)29/h13-16H,2-12,22-24H2,1H3,(H,25,30)(H,26,32)(H,27,31)(H,28,29)(H,33,34). The van der Waals surface area contributed by atoms with Crippen LogP contribution in [0.1, 0.15) is 51.4 Å². The summed E-state index contributed by atoms with van der Waals surface area (Å²) in [6, 6.07) is -4.58. The SMILES string of the molecule is CSCCC(NC(=O)C(N)CCCCN)C(=O)NC(CCCCN)C(=O)NC(CC(=O)O)C(=O)O. The van der Waals surface area contributed by atoms with Crippen LogP contribution in [0.4, 0.5) is 0 Å². The molecule has 13 nitrogen and oxygen atoms in total. The quantitative estimate of drug-likeness (QED) is 0.0844. The van der Waals surface area contributed by atoms with Gasteiger partial charge in [0, 0.05) is 0 Å². The number of nitrogens with two attached hydrogens (primary N) is 3. The molecule has 0 saturated carbocycles. The van der Waals surface area contributed by atoms with Gasteiger partial charge in [-0.3, -0.25) is 19.2 Å². The zero-order valence-corrected chi connectivity index (χ0v) is 21.0. The fourth-order valence-corrected chi connectivity index (χ4v) is 3.58. The lowest BCUT2D eigenvalue weighted by Gasteiger charge is -2.25. The lowest BCUT2D eigenvalue weighted by molar-refractivity contribution is -0.147. The third-order valence-electron chi connectivity index (χ3n) is 5.12. The van der Waals surface area contributed by atoms with E-state index in [2.05, 4.69) is 16.0 Å². The minimum atomic E-state index is -1.66. The molecule has 0 aliphatic carbocycles. The van der Waals surface area contributed by atoms with Crippen LogP contribution in [0.25, 0.3) is 0 Å². The molecule has 202 valence electrons. The van der Waals surface area contributed by atoms with E-state index in [0.717, 1.165) is 6.42 Å². The van der Waals surface area contributed by atoms with E-state index in [1.165, 1.54) is 11.8 Å². The van der Waals surface area contributed by atoms with Crippen LogP contribution in [0.3, 0.4) is 0 Å². The molecule has 0 spiro atoms. The first-order valence-electron chi connectivity index (χ1n) is 11.6. The Morgan fingerprint density at radius 2 is 1.23 bits per heavy atom. The Labute approximate surface area is 209 Å². The molecule has 0 radical (unpaired) electrons. The Morgan fingerprint density at radius 3 is 1.71 bits per heavy atom. The number of carbonyl (C=O) groups is 5. The highest BCUT2D eigenvalue weighted by atomic mass is 32.2. The average Bonchev–Trinajstić information content (AvgIpc) is 2.80. The molecular weight excluding hydrogens is 480 g/mol. The summed E-state index contributed by atoms with van der Waals surface area (Å²) in [5, 5.41) is 25.5. The highest BCUT2D eigenvalue weighted by Crippen LogP contribution is 2.07. The van der Waals surface area contributed by atoms with Gasteiger partial charge in [-0.2, -0.15) is 11.8 Å². The summed E-state index contributed by atoms with van der Waals surface area (Å²) in [5.74, 6) is -4.33. The van der Waals surface area contributed by atoms with Crippen molar-refractivity contribution < 1.29 is 34.2 Å². The van der Waals surface area contributed by atoms with Crippen molar-refractivity contribution in [1.82, 2.24) is 16.0 Å². The van der Waals surface area contributed by atoms with Crippen molar-refractivity contribution in [3.05, 3.63) is 0 Å². The van der Waals surface area contributed by atoms with E-state index < -0.39 is 60.2 Å². The molecule has 0 rings (SSSR count). The number of hydrogen-bond donors (Lipinski definition) is 8. The molecule has 0 saturated heterocycles. The highest BCUT2D eigenvalue weighted by molar-refractivity contribution is 7.98. The van der Waals surface area contributed by atoms with Crippen LogP contribution in [0, 0.1) is 0 Å². The van der Waals surface area contributed by atoms with Gasteiger partial charge in [0.25, 0.3) is 0 Å². The lowest BCUT2D eigenvalue weighted by Crippen LogP contribution is -2.57. The van der Waals surface area contributed by atoms with Crippen LogP contribution < -0.4 is 33.2 Å². The molecular formula is C21H40N6O7S. The molecule has 35 heavy (non-hydrogen) atoms. The molecule has 0 aromatic heterocycles. The molecule has 0 bridgehead atoms. The topological polar surface area (TPSA) is 240 Å². The van der Waals surface area contributed by atoms with Gasteiger partial charge in [0.15, 0.2) is 0 Å². The van der Waals surface area contributed by atoms with Crippen LogP contribution in [-0.2, 0) is 24.0 Å². The largest absolute Gasteiger partial charge is 0.481 e. The zero-order chi connectivity index (χ0) is 26.8. The number of amides is 3. The Balaban J connectivity index is 5.42. The Morgan fingerprint density at radius 1 is 0.743 bits per heavy atom. The summed E-state index contributed by atoms with van der Waals surface area (Å²) in [6.07, 6.45) is 4.25. The summed E-state index contributed by atoms with van der Waals surface area (Å²) < 4.78 is 0. The predicted octanol–water partition coefficient (Wildman–Crippen LogP) is -1.66. The van der Waals surface area contributed by atoms with E-state index in [9.17, 15) is 29.1 Å². The summed E-state index contributed by atoms with van der Waals surface area (Å²) in [5.41, 5.74) is 16.9. The number of hydrogen-bond acceptors (Lipinski definition) is 9. The average molecular weight is 521 g/mol. The smallest absolute Gasteiger partial charge is 0.326 e. The normalized spacial score (nSPS) is 14.3. The first-order valence-corrected chi connectivity index (χ1v) is 13.0. The third kappa shape index (κ3) is 14.5. The van der Waals surface area contributed by atoms with Crippen molar-refractivity contribution in [3.8, 4) is 0 Å². The van der Waals surface area contributed by atoms with Gasteiger partial charge in [-0.05, 0) is 63.6 Å². The maximum atomic E-state index is 13.0. The number of nitrogens with one attached hydrogen (secondary N) is 3. The minimum Gasteiger partial charge on any atom is -0.481 e. The number of carbonyl (C=O) groups excluding carboxylic acids is 3. The van der Waals surface area contributed by atoms with E-state index >= 15 is 0 Å².